The highest BCUT2D eigenvalue weighted by Gasteiger charge is 2.05. The van der Waals surface area contributed by atoms with Crippen LogP contribution in [0.1, 0.15) is 10.5 Å². The van der Waals surface area contributed by atoms with E-state index in [1.807, 2.05) is 0 Å². The van der Waals surface area contributed by atoms with Gasteiger partial charge in [0.25, 0.3) is 5.91 Å². The Balaban J connectivity index is 2.26. The van der Waals surface area contributed by atoms with Gasteiger partial charge in [-0.25, -0.2) is 4.68 Å². The summed E-state index contributed by atoms with van der Waals surface area (Å²) in [4.78, 5) is 21.1. The predicted molar refractivity (Wildman–Crippen MR) is 61.8 cm³/mol. The van der Waals surface area contributed by atoms with Crippen molar-refractivity contribution in [3.05, 3.63) is 42.2 Å². The molecule has 0 radical (unpaired) electrons. The normalized spacial score (nSPS) is 9.88. The molecule has 0 fully saturated rings. The van der Waals surface area contributed by atoms with E-state index in [0.717, 1.165) is 5.69 Å². The van der Waals surface area contributed by atoms with E-state index in [1.165, 1.54) is 4.68 Å². The molecule has 2 amide bonds. The second-order valence-corrected chi connectivity index (χ2v) is 3.32. The highest BCUT2D eigenvalue weighted by Crippen LogP contribution is 2.12. The minimum atomic E-state index is -0.567. The van der Waals surface area contributed by atoms with E-state index in [2.05, 4.69) is 10.4 Å². The Hall–Kier alpha value is -2.63. The van der Waals surface area contributed by atoms with Crippen LogP contribution in [0.5, 0.6) is 0 Å². The first-order valence-electron chi connectivity index (χ1n) is 4.87. The topological polar surface area (TPSA) is 90.0 Å². The van der Waals surface area contributed by atoms with E-state index >= 15 is 0 Å². The molecular formula is C11H10N4O2. The monoisotopic (exact) mass is 230 g/mol. The first-order valence-corrected chi connectivity index (χ1v) is 4.87. The predicted octanol–water partition coefficient (Wildman–Crippen LogP) is 0.539. The molecule has 17 heavy (non-hydrogen) atoms. The number of carbonyl (C=O) groups excluding carboxylic acids is 2. The molecule has 0 aliphatic carbocycles. The van der Waals surface area contributed by atoms with Crippen LogP contribution in [0.4, 0.5) is 5.69 Å². The van der Waals surface area contributed by atoms with Crippen LogP contribution in [-0.2, 0) is 4.79 Å². The SMILES string of the molecule is NC(=O)c1ccn(-c2ccc(NC=O)cc2)n1. The summed E-state index contributed by atoms with van der Waals surface area (Å²) in [6.07, 6.45) is 2.25. The molecule has 2 rings (SSSR count). The molecule has 2 aromatic rings. The summed E-state index contributed by atoms with van der Waals surface area (Å²) in [7, 11) is 0. The maximum absolute atomic E-state index is 10.9. The minimum absolute atomic E-state index is 0.208. The lowest BCUT2D eigenvalue weighted by molar-refractivity contribution is -0.105. The van der Waals surface area contributed by atoms with Gasteiger partial charge >= 0.3 is 0 Å². The summed E-state index contributed by atoms with van der Waals surface area (Å²) >= 11 is 0. The van der Waals surface area contributed by atoms with Crippen LogP contribution < -0.4 is 11.1 Å². The lowest BCUT2D eigenvalue weighted by atomic mass is 10.3. The van der Waals surface area contributed by atoms with Crippen LogP contribution in [0, 0.1) is 0 Å². The van der Waals surface area contributed by atoms with Crippen molar-refractivity contribution in [2.45, 2.75) is 0 Å². The van der Waals surface area contributed by atoms with Gasteiger partial charge in [0.1, 0.15) is 5.69 Å². The van der Waals surface area contributed by atoms with E-state index in [-0.39, 0.29) is 5.69 Å². The van der Waals surface area contributed by atoms with Gasteiger partial charge in [0.2, 0.25) is 6.41 Å². The largest absolute Gasteiger partial charge is 0.364 e. The third kappa shape index (κ3) is 2.31. The average molecular weight is 230 g/mol. The number of primary amides is 1. The third-order valence-corrected chi connectivity index (χ3v) is 2.20. The molecule has 0 aliphatic heterocycles. The smallest absolute Gasteiger partial charge is 0.269 e. The second kappa shape index (κ2) is 4.48. The van der Waals surface area contributed by atoms with Crippen molar-refractivity contribution in [1.29, 1.82) is 0 Å². The molecule has 1 aromatic heterocycles. The van der Waals surface area contributed by atoms with Crippen molar-refractivity contribution in [3.8, 4) is 5.69 Å². The Kier molecular flexibility index (Phi) is 2.87. The van der Waals surface area contributed by atoms with Crippen molar-refractivity contribution in [3.63, 3.8) is 0 Å². The fraction of sp³-hybridized carbons (Fsp3) is 0. The number of hydrogen-bond donors (Lipinski definition) is 2. The minimum Gasteiger partial charge on any atom is -0.364 e. The van der Waals surface area contributed by atoms with Crippen LogP contribution in [-0.4, -0.2) is 22.1 Å². The Morgan fingerprint density at radius 3 is 2.53 bits per heavy atom. The zero-order chi connectivity index (χ0) is 12.3. The van der Waals surface area contributed by atoms with Gasteiger partial charge in [0.05, 0.1) is 5.69 Å². The second-order valence-electron chi connectivity index (χ2n) is 3.32. The van der Waals surface area contributed by atoms with E-state index in [4.69, 9.17) is 5.73 Å². The zero-order valence-corrected chi connectivity index (χ0v) is 8.83. The van der Waals surface area contributed by atoms with Crippen LogP contribution in [0.15, 0.2) is 36.5 Å². The maximum Gasteiger partial charge on any atom is 0.269 e. The molecule has 6 nitrogen and oxygen atoms in total. The van der Waals surface area contributed by atoms with Crippen LogP contribution in [0.25, 0.3) is 5.69 Å². The fourth-order valence-corrected chi connectivity index (χ4v) is 1.38. The van der Waals surface area contributed by atoms with Crippen LogP contribution in [0.3, 0.4) is 0 Å². The number of nitrogens with two attached hydrogens (primary N) is 1. The molecule has 0 aliphatic rings. The van der Waals surface area contributed by atoms with Crippen LogP contribution >= 0.6 is 0 Å². The molecule has 1 heterocycles. The van der Waals surface area contributed by atoms with Crippen LogP contribution in [0.2, 0.25) is 0 Å². The lowest BCUT2D eigenvalue weighted by Gasteiger charge is -2.02. The molecule has 0 atom stereocenters. The maximum atomic E-state index is 10.9. The van der Waals surface area contributed by atoms with E-state index in [0.29, 0.717) is 12.1 Å². The molecule has 0 saturated heterocycles. The summed E-state index contributed by atoms with van der Waals surface area (Å²) in [6, 6.07) is 8.54. The third-order valence-electron chi connectivity index (χ3n) is 2.20. The summed E-state index contributed by atoms with van der Waals surface area (Å²) in [5.41, 5.74) is 6.77. The summed E-state index contributed by atoms with van der Waals surface area (Å²) in [5.74, 6) is -0.567. The molecule has 6 heteroatoms. The fourth-order valence-electron chi connectivity index (χ4n) is 1.38. The highest BCUT2D eigenvalue weighted by atomic mass is 16.1. The number of anilines is 1. The van der Waals surface area contributed by atoms with Gasteiger partial charge in [-0.15, -0.1) is 0 Å². The van der Waals surface area contributed by atoms with Crippen molar-refractivity contribution in [1.82, 2.24) is 9.78 Å². The van der Waals surface area contributed by atoms with Gasteiger partial charge in [-0.05, 0) is 30.3 Å². The van der Waals surface area contributed by atoms with E-state index < -0.39 is 5.91 Å². The molecule has 0 unspecified atom stereocenters. The average Bonchev–Trinajstić information content (AvgIpc) is 2.80. The van der Waals surface area contributed by atoms with Gasteiger partial charge < -0.3 is 11.1 Å². The number of hydrogen-bond acceptors (Lipinski definition) is 3. The van der Waals surface area contributed by atoms with E-state index in [1.54, 1.807) is 36.5 Å². The number of carbonyl (C=O) groups is 2. The van der Waals surface area contributed by atoms with Crippen molar-refractivity contribution in [2.75, 3.05) is 5.32 Å². The highest BCUT2D eigenvalue weighted by molar-refractivity contribution is 5.90. The van der Waals surface area contributed by atoms with E-state index in [9.17, 15) is 9.59 Å². The van der Waals surface area contributed by atoms with Gasteiger partial charge in [0.15, 0.2) is 0 Å². The standard InChI is InChI=1S/C11H10N4O2/c12-11(17)10-5-6-15(14-10)9-3-1-8(2-4-9)13-7-16/h1-7H,(H2,12,17)(H,13,16). The molecule has 0 saturated carbocycles. The summed E-state index contributed by atoms with van der Waals surface area (Å²) in [5, 5.41) is 6.53. The Bertz CT molecular complexity index is 545. The Morgan fingerprint density at radius 2 is 2.00 bits per heavy atom. The van der Waals surface area contributed by atoms with Gasteiger partial charge in [-0.3, -0.25) is 9.59 Å². The Labute approximate surface area is 97.0 Å². The molecule has 1 aromatic carbocycles. The molecule has 86 valence electrons. The van der Waals surface area contributed by atoms with Crippen molar-refractivity contribution >= 4 is 18.0 Å². The van der Waals surface area contributed by atoms with Gasteiger partial charge in [0, 0.05) is 11.9 Å². The number of nitrogens with one attached hydrogen (secondary N) is 1. The number of nitrogens with zero attached hydrogens (tertiary/aromatic N) is 2. The molecule has 3 N–H and O–H groups in total. The van der Waals surface area contributed by atoms with Gasteiger partial charge in [-0.1, -0.05) is 0 Å². The van der Waals surface area contributed by atoms with Gasteiger partial charge in [-0.2, -0.15) is 5.10 Å². The number of amides is 2. The molecular weight excluding hydrogens is 220 g/mol. The first kappa shape index (κ1) is 10.9. The van der Waals surface area contributed by atoms with Crippen molar-refractivity contribution in [2.24, 2.45) is 5.73 Å². The molecule has 0 bridgehead atoms. The zero-order valence-electron chi connectivity index (χ0n) is 8.83. The first-order chi connectivity index (χ1) is 8.20. The van der Waals surface area contributed by atoms with Crippen molar-refractivity contribution < 1.29 is 9.59 Å². The quantitative estimate of drug-likeness (QED) is 0.751. The number of aromatic nitrogens is 2. The molecule has 0 spiro atoms. The number of benzene rings is 1. The number of rotatable bonds is 4. The summed E-state index contributed by atoms with van der Waals surface area (Å²) < 4.78 is 1.53. The Morgan fingerprint density at radius 1 is 1.29 bits per heavy atom. The lowest BCUT2D eigenvalue weighted by Crippen LogP contribution is -2.12. The summed E-state index contributed by atoms with van der Waals surface area (Å²) in [6.45, 7) is 0.